The lowest BCUT2D eigenvalue weighted by Gasteiger charge is -2.56. The molecule has 1 N–H and O–H groups in total. The van der Waals surface area contributed by atoms with Gasteiger partial charge < -0.3 is 9.67 Å². The van der Waals surface area contributed by atoms with Gasteiger partial charge in [0.15, 0.2) is 0 Å². The summed E-state index contributed by atoms with van der Waals surface area (Å²) in [6.45, 7) is 3.48. The van der Waals surface area contributed by atoms with Gasteiger partial charge in [-0.1, -0.05) is 44.7 Å². The molecule has 0 spiro atoms. The van der Waals surface area contributed by atoms with Crippen LogP contribution in [0.3, 0.4) is 0 Å². The van der Waals surface area contributed by atoms with E-state index in [0.29, 0.717) is 18.1 Å². The number of aliphatic carboxylic acids is 1. The van der Waals surface area contributed by atoms with Gasteiger partial charge >= 0.3 is 5.97 Å². The Kier molecular flexibility index (Phi) is 6.76. The highest BCUT2D eigenvalue weighted by atomic mass is 16.4. The minimum atomic E-state index is -0.732. The van der Waals surface area contributed by atoms with Gasteiger partial charge in [-0.2, -0.15) is 0 Å². The van der Waals surface area contributed by atoms with Crippen LogP contribution in [0.15, 0.2) is 24.3 Å². The minimum absolute atomic E-state index is 0.107. The van der Waals surface area contributed by atoms with E-state index < -0.39 is 5.97 Å². The molecule has 5 fully saturated rings. The number of carboxylic acids is 1. The molecule has 38 heavy (non-hydrogen) atoms. The van der Waals surface area contributed by atoms with E-state index in [1.807, 2.05) is 0 Å². The number of hydrogen-bond donors (Lipinski definition) is 1. The molecule has 0 amide bonds. The summed E-state index contributed by atoms with van der Waals surface area (Å²) in [4.78, 5) is 22.1. The Morgan fingerprint density at radius 2 is 1.68 bits per heavy atom. The second-order valence-corrected chi connectivity index (χ2v) is 13.6. The Hall–Kier alpha value is -1.92. The number of aromatic nitrogens is 2. The quantitative estimate of drug-likeness (QED) is 0.495. The molecule has 2 aliphatic carbocycles. The maximum absolute atomic E-state index is 11.7. The SMILES string of the molecule is C[C@@H]1CC[C@H]2C[C@@H](n3c([C@H]4CCCN4CC(=O)O)nc4ccccc43)C[C@@H]1N2C1C[C@H]2CCCC[C@@H](C1)C2. The van der Waals surface area contributed by atoms with E-state index in [-0.39, 0.29) is 12.6 Å². The lowest BCUT2D eigenvalue weighted by atomic mass is 9.71. The number of carbonyl (C=O) groups is 1. The molecule has 1 unspecified atom stereocenters. The van der Waals surface area contributed by atoms with Crippen molar-refractivity contribution in [3.05, 3.63) is 30.1 Å². The molecule has 4 bridgehead atoms. The molecule has 0 radical (unpaired) electrons. The van der Waals surface area contributed by atoms with Crippen molar-refractivity contribution >= 4 is 17.0 Å². The molecule has 206 valence electrons. The molecular formula is C32H46N4O2. The van der Waals surface area contributed by atoms with Crippen molar-refractivity contribution in [2.75, 3.05) is 13.1 Å². The number of nitrogens with zero attached hydrogens (tertiary/aromatic N) is 4. The molecule has 4 heterocycles. The normalized spacial score (nSPS) is 38.3. The largest absolute Gasteiger partial charge is 0.480 e. The number of rotatable bonds is 5. The lowest BCUT2D eigenvalue weighted by Crippen LogP contribution is -2.60. The molecule has 3 aliphatic heterocycles. The third kappa shape index (κ3) is 4.50. The van der Waals surface area contributed by atoms with Crippen LogP contribution in [0.1, 0.15) is 108 Å². The van der Waals surface area contributed by atoms with Crippen LogP contribution < -0.4 is 0 Å². The van der Waals surface area contributed by atoms with Gasteiger partial charge in [0.05, 0.1) is 23.6 Å². The summed E-state index contributed by atoms with van der Waals surface area (Å²) < 4.78 is 2.59. The van der Waals surface area contributed by atoms with E-state index in [1.165, 1.54) is 76.1 Å². The standard InChI is InChI=1S/C32H46N4O2/c1-21-12-13-24-18-26(19-30(21)35(24)25-16-22-7-2-3-8-23(15-22)17-25)36-28-10-5-4-9-27(28)33-32(36)29-11-6-14-34(29)20-31(37)38/h4-5,9-10,21-26,29-30H,2-3,6-8,11-20H2,1H3,(H,37,38)/t21-,22-,23+,24+,25?,26-,29-,30+/m1/s1. The third-order valence-electron chi connectivity index (χ3n) is 11.2. The van der Waals surface area contributed by atoms with Crippen LogP contribution in [0.5, 0.6) is 0 Å². The Morgan fingerprint density at radius 1 is 0.895 bits per heavy atom. The van der Waals surface area contributed by atoms with Gasteiger partial charge in [0.2, 0.25) is 0 Å². The summed E-state index contributed by atoms with van der Waals surface area (Å²) in [5, 5.41) is 9.59. The third-order valence-corrected chi connectivity index (χ3v) is 11.2. The number of carboxylic acid groups (broad SMARTS) is 1. The van der Waals surface area contributed by atoms with Crippen molar-refractivity contribution in [1.82, 2.24) is 19.4 Å². The van der Waals surface area contributed by atoms with E-state index in [2.05, 4.69) is 45.6 Å². The van der Waals surface area contributed by atoms with Gasteiger partial charge in [0.25, 0.3) is 0 Å². The van der Waals surface area contributed by atoms with Crippen LogP contribution in [0.25, 0.3) is 11.0 Å². The van der Waals surface area contributed by atoms with Crippen molar-refractivity contribution in [1.29, 1.82) is 0 Å². The Labute approximate surface area is 227 Å². The van der Waals surface area contributed by atoms with E-state index in [0.717, 1.165) is 54.5 Å². The first-order valence-electron chi connectivity index (χ1n) is 15.7. The highest BCUT2D eigenvalue weighted by Gasteiger charge is 2.48. The van der Waals surface area contributed by atoms with Gasteiger partial charge in [0, 0.05) is 24.2 Å². The van der Waals surface area contributed by atoms with Gasteiger partial charge in [-0.15, -0.1) is 0 Å². The maximum atomic E-state index is 11.7. The van der Waals surface area contributed by atoms with Crippen LogP contribution in [-0.4, -0.2) is 61.6 Å². The van der Waals surface area contributed by atoms with Crippen LogP contribution in [0.4, 0.5) is 0 Å². The number of hydrogen-bond acceptors (Lipinski definition) is 4. The van der Waals surface area contributed by atoms with Gasteiger partial charge in [0.1, 0.15) is 5.82 Å². The van der Waals surface area contributed by atoms with Crippen LogP contribution >= 0.6 is 0 Å². The summed E-state index contributed by atoms with van der Waals surface area (Å²) in [6.07, 6.45) is 17.4. The highest BCUT2D eigenvalue weighted by molar-refractivity contribution is 5.76. The Balaban J connectivity index is 1.22. The summed E-state index contributed by atoms with van der Waals surface area (Å²) in [5.41, 5.74) is 2.32. The minimum Gasteiger partial charge on any atom is -0.480 e. The van der Waals surface area contributed by atoms with Gasteiger partial charge in [-0.3, -0.25) is 14.6 Å². The van der Waals surface area contributed by atoms with Gasteiger partial charge in [-0.25, -0.2) is 4.98 Å². The second kappa shape index (κ2) is 10.2. The molecule has 7 rings (SSSR count). The number of imidazole rings is 1. The lowest BCUT2D eigenvalue weighted by molar-refractivity contribution is -0.138. The van der Waals surface area contributed by atoms with E-state index in [9.17, 15) is 9.90 Å². The number of piperidine rings is 2. The highest BCUT2D eigenvalue weighted by Crippen LogP contribution is 2.49. The topological polar surface area (TPSA) is 61.6 Å². The number of para-hydroxylation sites is 2. The first-order valence-corrected chi connectivity index (χ1v) is 15.7. The monoisotopic (exact) mass is 518 g/mol. The van der Waals surface area contributed by atoms with Crippen LogP contribution in [-0.2, 0) is 4.79 Å². The zero-order valence-electron chi connectivity index (χ0n) is 23.2. The number of benzene rings is 1. The first kappa shape index (κ1) is 25.1. The van der Waals surface area contributed by atoms with E-state index >= 15 is 0 Å². The van der Waals surface area contributed by atoms with Gasteiger partial charge in [-0.05, 0) is 94.2 Å². The van der Waals surface area contributed by atoms with E-state index in [4.69, 9.17) is 4.98 Å². The Morgan fingerprint density at radius 3 is 2.47 bits per heavy atom. The molecule has 6 heteroatoms. The summed E-state index contributed by atoms with van der Waals surface area (Å²) in [5.74, 6) is 3.05. The molecule has 8 atom stereocenters. The molecule has 1 aromatic heterocycles. The smallest absolute Gasteiger partial charge is 0.317 e. The van der Waals surface area contributed by atoms with E-state index in [1.54, 1.807) is 0 Å². The molecular weight excluding hydrogens is 472 g/mol. The molecule has 1 aromatic carbocycles. The fourth-order valence-electron chi connectivity index (χ4n) is 9.70. The number of likely N-dealkylation sites (tertiary alicyclic amines) is 1. The average Bonchev–Trinajstić information content (AvgIpc) is 3.47. The number of fused-ring (bicyclic) bond motifs is 5. The van der Waals surface area contributed by atoms with Crippen molar-refractivity contribution in [3.8, 4) is 0 Å². The average molecular weight is 519 g/mol. The fraction of sp³-hybridized carbons (Fsp3) is 0.750. The zero-order valence-corrected chi connectivity index (χ0v) is 23.2. The first-order chi connectivity index (χ1) is 18.5. The van der Waals surface area contributed by atoms with Crippen molar-refractivity contribution in [2.24, 2.45) is 17.8 Å². The molecule has 5 aliphatic rings. The zero-order chi connectivity index (χ0) is 25.8. The van der Waals surface area contributed by atoms with Crippen molar-refractivity contribution in [2.45, 2.75) is 121 Å². The molecule has 3 saturated heterocycles. The predicted molar refractivity (Wildman–Crippen MR) is 150 cm³/mol. The summed E-state index contributed by atoms with van der Waals surface area (Å²) >= 11 is 0. The van der Waals surface area contributed by atoms with Crippen molar-refractivity contribution < 1.29 is 9.90 Å². The maximum Gasteiger partial charge on any atom is 0.317 e. The van der Waals surface area contributed by atoms with Crippen LogP contribution in [0.2, 0.25) is 0 Å². The molecule has 6 nitrogen and oxygen atoms in total. The Bertz CT molecular complexity index is 1150. The fourth-order valence-corrected chi connectivity index (χ4v) is 9.70. The second-order valence-electron chi connectivity index (χ2n) is 13.6. The molecule has 2 saturated carbocycles. The summed E-state index contributed by atoms with van der Waals surface area (Å²) in [7, 11) is 0. The predicted octanol–water partition coefficient (Wildman–Crippen LogP) is 6.42. The molecule has 2 aromatic rings. The summed E-state index contributed by atoms with van der Waals surface area (Å²) in [6, 6.07) is 11.3. The van der Waals surface area contributed by atoms with Crippen molar-refractivity contribution in [3.63, 3.8) is 0 Å². The van der Waals surface area contributed by atoms with Crippen LogP contribution in [0, 0.1) is 17.8 Å².